The normalized spacial score (nSPS) is 21.4. The Bertz CT molecular complexity index is 755. The number of halogens is 1. The number of benzene rings is 1. The van der Waals surface area contributed by atoms with Crippen LogP contribution < -0.4 is 5.32 Å². The van der Waals surface area contributed by atoms with Crippen LogP contribution in [-0.2, 0) is 14.8 Å². The molecule has 0 saturated carbocycles. The molecule has 1 saturated heterocycles. The van der Waals surface area contributed by atoms with E-state index < -0.39 is 10.0 Å². The molecule has 6 nitrogen and oxygen atoms in total. The zero-order valence-corrected chi connectivity index (χ0v) is 18.1. The maximum atomic E-state index is 12.8. The van der Waals surface area contributed by atoms with Crippen LogP contribution in [0.1, 0.15) is 34.1 Å². The van der Waals surface area contributed by atoms with Gasteiger partial charge in [0.1, 0.15) is 4.90 Å². The molecule has 1 aromatic rings. The van der Waals surface area contributed by atoms with Gasteiger partial charge in [-0.3, -0.25) is 9.69 Å². The molecule has 1 aliphatic rings. The summed E-state index contributed by atoms with van der Waals surface area (Å²) >= 11 is 6.14. The second-order valence-electron chi connectivity index (χ2n) is 7.42. The van der Waals surface area contributed by atoms with Gasteiger partial charge in [0, 0.05) is 31.9 Å². The summed E-state index contributed by atoms with van der Waals surface area (Å²) in [6.45, 7) is 10.8. The number of hydrogen-bond donors (Lipinski definition) is 1. The molecule has 0 bridgehead atoms. The lowest BCUT2D eigenvalue weighted by Crippen LogP contribution is -2.42. The Hall–Kier alpha value is -1.15. The summed E-state index contributed by atoms with van der Waals surface area (Å²) in [7, 11) is -3.69. The Kier molecular flexibility index (Phi) is 7.68. The minimum Gasteiger partial charge on any atom is -0.325 e. The minimum atomic E-state index is -3.69. The van der Waals surface area contributed by atoms with Crippen LogP contribution in [0.25, 0.3) is 0 Å². The summed E-state index contributed by atoms with van der Waals surface area (Å²) in [5, 5.41) is 2.96. The van der Waals surface area contributed by atoms with Crippen molar-refractivity contribution in [1.82, 2.24) is 9.21 Å². The van der Waals surface area contributed by atoms with E-state index in [1.807, 2.05) is 0 Å². The van der Waals surface area contributed by atoms with Gasteiger partial charge < -0.3 is 5.32 Å². The lowest BCUT2D eigenvalue weighted by atomic mass is 9.92. The van der Waals surface area contributed by atoms with E-state index in [0.29, 0.717) is 37.2 Å². The Morgan fingerprint density at radius 1 is 1.22 bits per heavy atom. The average molecular weight is 416 g/mol. The molecule has 2 atom stereocenters. The lowest BCUT2D eigenvalue weighted by molar-refractivity contribution is -0.117. The molecule has 1 amide bonds. The Morgan fingerprint density at radius 3 is 2.37 bits per heavy atom. The van der Waals surface area contributed by atoms with E-state index in [4.69, 9.17) is 11.6 Å². The van der Waals surface area contributed by atoms with Crippen molar-refractivity contribution in [1.29, 1.82) is 0 Å². The van der Waals surface area contributed by atoms with Crippen molar-refractivity contribution in [3.63, 3.8) is 0 Å². The summed E-state index contributed by atoms with van der Waals surface area (Å²) in [6, 6.07) is 4.58. The molecular weight excluding hydrogens is 386 g/mol. The van der Waals surface area contributed by atoms with Gasteiger partial charge in [-0.05, 0) is 36.5 Å². The molecule has 1 aliphatic heterocycles. The molecule has 2 rings (SSSR count). The van der Waals surface area contributed by atoms with Crippen molar-refractivity contribution in [2.24, 2.45) is 11.8 Å². The number of nitrogens with one attached hydrogen (secondary N) is 1. The quantitative estimate of drug-likeness (QED) is 0.741. The monoisotopic (exact) mass is 415 g/mol. The minimum absolute atomic E-state index is 0.0193. The molecule has 152 valence electrons. The van der Waals surface area contributed by atoms with Crippen LogP contribution in [0.3, 0.4) is 0 Å². The molecular formula is C19H30ClN3O3S. The van der Waals surface area contributed by atoms with Crippen LogP contribution in [0.15, 0.2) is 23.1 Å². The Balaban J connectivity index is 2.12. The van der Waals surface area contributed by atoms with Crippen molar-refractivity contribution in [2.45, 2.75) is 39.0 Å². The van der Waals surface area contributed by atoms with E-state index in [1.54, 1.807) is 19.9 Å². The first kappa shape index (κ1) is 22.1. The van der Waals surface area contributed by atoms with E-state index in [2.05, 4.69) is 24.1 Å². The van der Waals surface area contributed by atoms with Gasteiger partial charge in [-0.1, -0.05) is 39.3 Å². The number of likely N-dealkylation sites (tertiary alicyclic amines) is 1. The fourth-order valence-corrected chi connectivity index (χ4v) is 5.76. The Morgan fingerprint density at radius 2 is 1.81 bits per heavy atom. The van der Waals surface area contributed by atoms with E-state index >= 15 is 0 Å². The van der Waals surface area contributed by atoms with Gasteiger partial charge in [-0.25, -0.2) is 8.42 Å². The van der Waals surface area contributed by atoms with Crippen molar-refractivity contribution in [3.05, 3.63) is 23.2 Å². The predicted molar refractivity (Wildman–Crippen MR) is 110 cm³/mol. The lowest BCUT2D eigenvalue weighted by Gasteiger charge is -2.34. The zero-order chi connectivity index (χ0) is 20.2. The molecule has 1 aromatic carbocycles. The number of rotatable bonds is 7. The van der Waals surface area contributed by atoms with Gasteiger partial charge in [0.15, 0.2) is 0 Å². The number of anilines is 1. The van der Waals surface area contributed by atoms with Crippen LogP contribution in [0, 0.1) is 11.8 Å². The molecule has 0 spiro atoms. The number of carbonyl (C=O) groups is 1. The molecule has 1 N–H and O–H groups in total. The predicted octanol–water partition coefficient (Wildman–Crippen LogP) is 3.29. The smallest absolute Gasteiger partial charge is 0.244 e. The van der Waals surface area contributed by atoms with Crippen molar-refractivity contribution < 1.29 is 13.2 Å². The second-order valence-corrected chi connectivity index (χ2v) is 9.74. The average Bonchev–Trinajstić information content (AvgIpc) is 2.56. The van der Waals surface area contributed by atoms with Crippen LogP contribution in [-0.4, -0.2) is 56.3 Å². The fourth-order valence-electron chi connectivity index (χ4n) is 3.81. The number of piperidine rings is 1. The standard InChI is InChI=1S/C19H30ClN3O3S/c1-5-23(6-2)27(25,26)18-10-16(7-8-17(18)20)21-19(24)13-22-11-14(3)9-15(4)12-22/h7-8,10,14-15H,5-6,9,11-13H2,1-4H3,(H,21,24)/t14-,15-/m1/s1. The van der Waals surface area contributed by atoms with Gasteiger partial charge >= 0.3 is 0 Å². The van der Waals surface area contributed by atoms with Crippen molar-refractivity contribution in [2.75, 3.05) is 38.0 Å². The first-order valence-corrected chi connectivity index (χ1v) is 11.3. The number of amides is 1. The largest absolute Gasteiger partial charge is 0.325 e. The van der Waals surface area contributed by atoms with Crippen LogP contribution >= 0.6 is 11.6 Å². The maximum Gasteiger partial charge on any atom is 0.244 e. The topological polar surface area (TPSA) is 69.7 Å². The van der Waals surface area contributed by atoms with Gasteiger partial charge in [0.05, 0.1) is 11.6 Å². The highest BCUT2D eigenvalue weighted by Gasteiger charge is 2.26. The molecule has 27 heavy (non-hydrogen) atoms. The van der Waals surface area contributed by atoms with E-state index in [9.17, 15) is 13.2 Å². The summed E-state index contributed by atoms with van der Waals surface area (Å²) in [5.74, 6) is 0.996. The van der Waals surface area contributed by atoms with Crippen LogP contribution in [0.2, 0.25) is 5.02 Å². The van der Waals surface area contributed by atoms with E-state index in [-0.39, 0.29) is 15.8 Å². The van der Waals surface area contributed by atoms with Crippen molar-refractivity contribution >= 4 is 33.2 Å². The molecule has 1 heterocycles. The molecule has 8 heteroatoms. The summed E-state index contributed by atoms with van der Waals surface area (Å²) in [5.41, 5.74) is 0.438. The highest BCUT2D eigenvalue weighted by molar-refractivity contribution is 7.89. The highest BCUT2D eigenvalue weighted by atomic mass is 35.5. The third-order valence-electron chi connectivity index (χ3n) is 4.85. The number of hydrogen-bond acceptors (Lipinski definition) is 4. The molecule has 0 unspecified atom stereocenters. The first-order chi connectivity index (χ1) is 12.7. The highest BCUT2D eigenvalue weighted by Crippen LogP contribution is 2.28. The summed E-state index contributed by atoms with van der Waals surface area (Å²) in [4.78, 5) is 14.6. The molecule has 0 aromatic heterocycles. The van der Waals surface area contributed by atoms with E-state index in [0.717, 1.165) is 13.1 Å². The van der Waals surface area contributed by atoms with E-state index in [1.165, 1.54) is 22.9 Å². The zero-order valence-electron chi connectivity index (χ0n) is 16.5. The second kappa shape index (κ2) is 9.37. The Labute approximate surface area is 167 Å². The SMILES string of the molecule is CCN(CC)S(=O)(=O)c1cc(NC(=O)CN2C[C@H](C)C[C@@H](C)C2)ccc1Cl. The molecule has 1 fully saturated rings. The molecule has 0 radical (unpaired) electrons. The number of carbonyl (C=O) groups excluding carboxylic acids is 1. The van der Waals surface area contributed by atoms with Gasteiger partial charge in [-0.15, -0.1) is 0 Å². The van der Waals surface area contributed by atoms with Gasteiger partial charge in [0.2, 0.25) is 15.9 Å². The first-order valence-electron chi connectivity index (χ1n) is 9.49. The fraction of sp³-hybridized carbons (Fsp3) is 0.632. The third-order valence-corrected chi connectivity index (χ3v) is 7.38. The summed E-state index contributed by atoms with van der Waals surface area (Å²) in [6.07, 6.45) is 1.18. The number of nitrogens with zero attached hydrogens (tertiary/aromatic N) is 2. The van der Waals surface area contributed by atoms with Gasteiger partial charge in [0.25, 0.3) is 0 Å². The maximum absolute atomic E-state index is 12.8. The summed E-state index contributed by atoms with van der Waals surface area (Å²) < 4.78 is 26.9. The van der Waals surface area contributed by atoms with Crippen molar-refractivity contribution in [3.8, 4) is 0 Å². The van der Waals surface area contributed by atoms with Crippen LogP contribution in [0.5, 0.6) is 0 Å². The third kappa shape index (κ3) is 5.67. The van der Waals surface area contributed by atoms with Gasteiger partial charge in [-0.2, -0.15) is 4.31 Å². The van der Waals surface area contributed by atoms with Crippen LogP contribution in [0.4, 0.5) is 5.69 Å². The number of sulfonamides is 1. The molecule has 0 aliphatic carbocycles.